The molecule has 1 amide bonds. The highest BCUT2D eigenvalue weighted by molar-refractivity contribution is 7.09. The number of ether oxygens (including phenoxy) is 1. The molecule has 1 heterocycles. The van der Waals surface area contributed by atoms with Crippen molar-refractivity contribution in [2.24, 2.45) is 7.05 Å². The average molecular weight is 691 g/mol. The van der Waals surface area contributed by atoms with Gasteiger partial charge in [-0.1, -0.05) is 113 Å². The number of halogens is 1. The van der Waals surface area contributed by atoms with Gasteiger partial charge in [0.2, 0.25) is 10.9 Å². The monoisotopic (exact) mass is 690 g/mol. The number of unbranched alkanes of at least 4 members (excludes halogenated alkanes) is 11. The number of thiazole rings is 1. The minimum absolute atomic E-state index is 0. The third kappa shape index (κ3) is 13.7. The fourth-order valence-electron chi connectivity index (χ4n) is 5.14. The summed E-state index contributed by atoms with van der Waals surface area (Å²) in [6.45, 7) is 5.38. The zero-order valence-corrected chi connectivity index (χ0v) is 28.6. The summed E-state index contributed by atoms with van der Waals surface area (Å²) in [6, 6.07) is 16.8. The maximum absolute atomic E-state index is 12.5. The van der Waals surface area contributed by atoms with Gasteiger partial charge >= 0.3 is 0 Å². The molecule has 0 aliphatic rings. The maximum atomic E-state index is 12.5. The minimum Gasteiger partial charge on any atom is -1.00 e. The van der Waals surface area contributed by atoms with E-state index in [0.717, 1.165) is 37.3 Å². The third-order valence-electron chi connectivity index (χ3n) is 7.65. The number of hydrogen-bond donors (Lipinski definition) is 0. The van der Waals surface area contributed by atoms with E-state index in [-0.39, 0.29) is 29.9 Å². The smallest absolute Gasteiger partial charge is 0.241 e. The number of carbonyl (C=O) groups is 1. The van der Waals surface area contributed by atoms with Gasteiger partial charge in [0.05, 0.1) is 18.4 Å². The Hall–Kier alpha value is -1.93. The van der Waals surface area contributed by atoms with Crippen LogP contribution in [0.15, 0.2) is 60.1 Å². The van der Waals surface area contributed by atoms with Crippen LogP contribution in [0.1, 0.15) is 107 Å². The first kappa shape index (κ1) is 35.3. The number of carbonyl (C=O) groups excluding carboxylic acids is 1. The van der Waals surface area contributed by atoms with E-state index in [9.17, 15) is 4.79 Å². The first-order chi connectivity index (χ1) is 19.6. The molecule has 0 radical (unpaired) electrons. The van der Waals surface area contributed by atoms with Crippen LogP contribution in [0.2, 0.25) is 0 Å². The molecule has 0 fully saturated rings. The van der Waals surface area contributed by atoms with Crippen LogP contribution in [-0.2, 0) is 24.7 Å². The van der Waals surface area contributed by atoms with Crippen LogP contribution in [0.5, 0.6) is 5.75 Å². The van der Waals surface area contributed by atoms with Crippen molar-refractivity contribution in [2.45, 2.75) is 104 Å². The number of nitrogens with zero attached hydrogens (tertiary/aromatic N) is 2. The van der Waals surface area contributed by atoms with Crippen molar-refractivity contribution >= 4 is 22.9 Å². The minimum atomic E-state index is 0. The van der Waals surface area contributed by atoms with Crippen molar-refractivity contribution in [1.29, 1.82) is 0 Å². The topological polar surface area (TPSA) is 33.4 Å². The van der Waals surface area contributed by atoms with Gasteiger partial charge in [0.25, 0.3) is 0 Å². The Labute approximate surface area is 270 Å². The summed E-state index contributed by atoms with van der Waals surface area (Å²) in [5.41, 5.74) is 3.40. The quantitative estimate of drug-likeness (QED) is 0.0849. The Morgan fingerprint density at radius 3 is 2.07 bits per heavy atom. The standard InChI is InChI=1S/C35H51N2O2S.HI/c1-4-5-6-7-8-9-10-11-12-13-14-15-26-39-34-21-19-31(20-22-34)23-24-37(30(2)38)33-18-16-17-32(28-33)29-35-36(3)25-27-40-35;/h16-22,25,27-28H,4-15,23-24,26,29H2,1-3H3;1H/q+1;/p-1. The highest BCUT2D eigenvalue weighted by Crippen LogP contribution is 2.21. The van der Waals surface area contributed by atoms with Crippen LogP contribution < -0.4 is 38.2 Å². The van der Waals surface area contributed by atoms with Crippen LogP contribution in [-0.4, -0.2) is 19.1 Å². The van der Waals surface area contributed by atoms with Gasteiger partial charge in [0, 0.05) is 19.2 Å². The normalized spacial score (nSPS) is 10.8. The molecule has 4 nitrogen and oxygen atoms in total. The predicted octanol–water partition coefficient (Wildman–Crippen LogP) is 5.84. The van der Waals surface area contributed by atoms with Gasteiger partial charge in [-0.05, 0) is 48.2 Å². The second kappa shape index (κ2) is 20.9. The van der Waals surface area contributed by atoms with Gasteiger partial charge < -0.3 is 33.6 Å². The molecule has 226 valence electrons. The molecular formula is C35H51IN2O2S. The number of amides is 1. The Balaban J connectivity index is 0.00000588. The molecule has 0 spiro atoms. The first-order valence-corrected chi connectivity index (χ1v) is 16.5. The molecule has 0 unspecified atom stereocenters. The zero-order valence-electron chi connectivity index (χ0n) is 25.6. The van der Waals surface area contributed by atoms with Gasteiger partial charge in [0.1, 0.15) is 12.8 Å². The molecule has 0 saturated heterocycles. The highest BCUT2D eigenvalue weighted by atomic mass is 127. The molecule has 6 heteroatoms. The molecule has 0 N–H and O–H groups in total. The SMILES string of the molecule is CCCCCCCCCCCCCCOc1ccc(CCN(C(C)=O)c2cccc(Cc3scc[n+]3C)c2)cc1.[I-]. The van der Waals surface area contributed by atoms with Crippen LogP contribution >= 0.6 is 11.3 Å². The molecular weight excluding hydrogens is 639 g/mol. The van der Waals surface area contributed by atoms with Crippen molar-refractivity contribution in [3.8, 4) is 5.75 Å². The second-order valence-electron chi connectivity index (χ2n) is 11.1. The second-order valence-corrected chi connectivity index (χ2v) is 12.0. The first-order valence-electron chi connectivity index (χ1n) is 15.6. The van der Waals surface area contributed by atoms with Crippen LogP contribution in [0.3, 0.4) is 0 Å². The van der Waals surface area contributed by atoms with Crippen LogP contribution in [0.25, 0.3) is 0 Å². The summed E-state index contributed by atoms with van der Waals surface area (Å²) in [4.78, 5) is 14.4. The summed E-state index contributed by atoms with van der Waals surface area (Å²) >= 11 is 1.76. The summed E-state index contributed by atoms with van der Waals surface area (Å²) in [5, 5.41) is 3.41. The van der Waals surface area contributed by atoms with Crippen molar-refractivity contribution in [3.05, 3.63) is 76.2 Å². The molecule has 0 aliphatic heterocycles. The van der Waals surface area contributed by atoms with Crippen LogP contribution in [0, 0.1) is 0 Å². The molecule has 2 aromatic carbocycles. The molecule has 0 aliphatic carbocycles. The van der Waals surface area contributed by atoms with Crippen molar-refractivity contribution in [2.75, 3.05) is 18.1 Å². The lowest BCUT2D eigenvalue weighted by molar-refractivity contribution is -0.673. The van der Waals surface area contributed by atoms with E-state index in [1.165, 1.54) is 86.8 Å². The average Bonchev–Trinajstić information content (AvgIpc) is 3.36. The third-order valence-corrected chi connectivity index (χ3v) is 8.62. The van der Waals surface area contributed by atoms with E-state index >= 15 is 0 Å². The van der Waals surface area contributed by atoms with E-state index in [1.807, 2.05) is 11.0 Å². The number of aromatic nitrogens is 1. The van der Waals surface area contributed by atoms with Gasteiger partial charge in [-0.2, -0.15) is 4.57 Å². The van der Waals surface area contributed by atoms with E-state index in [0.29, 0.717) is 6.54 Å². The van der Waals surface area contributed by atoms with Gasteiger partial charge in [-0.25, -0.2) is 0 Å². The number of rotatable bonds is 20. The molecule has 3 aromatic rings. The fraction of sp³-hybridized carbons (Fsp3) is 0.543. The lowest BCUT2D eigenvalue weighted by Gasteiger charge is -2.22. The molecule has 3 rings (SSSR count). The number of benzene rings is 2. The summed E-state index contributed by atoms with van der Waals surface area (Å²) in [6.07, 6.45) is 20.0. The molecule has 0 atom stereocenters. The van der Waals surface area contributed by atoms with E-state index in [1.54, 1.807) is 18.3 Å². The van der Waals surface area contributed by atoms with Crippen molar-refractivity contribution < 1.29 is 38.1 Å². The van der Waals surface area contributed by atoms with E-state index in [2.05, 4.69) is 72.6 Å². The van der Waals surface area contributed by atoms with E-state index in [4.69, 9.17) is 4.74 Å². The highest BCUT2D eigenvalue weighted by Gasteiger charge is 2.14. The Morgan fingerprint density at radius 2 is 1.49 bits per heavy atom. The Bertz CT molecular complexity index is 1120. The molecule has 0 bridgehead atoms. The lowest BCUT2D eigenvalue weighted by atomic mass is 10.1. The zero-order chi connectivity index (χ0) is 28.4. The molecule has 0 saturated carbocycles. The fourth-order valence-corrected chi connectivity index (χ4v) is 6.01. The van der Waals surface area contributed by atoms with Crippen LogP contribution in [0.4, 0.5) is 5.69 Å². The number of anilines is 1. The van der Waals surface area contributed by atoms with Gasteiger partial charge in [0.15, 0.2) is 6.20 Å². The Kier molecular flexibility index (Phi) is 17.9. The predicted molar refractivity (Wildman–Crippen MR) is 169 cm³/mol. The maximum Gasteiger partial charge on any atom is 0.241 e. The van der Waals surface area contributed by atoms with E-state index < -0.39 is 0 Å². The Morgan fingerprint density at radius 1 is 0.854 bits per heavy atom. The van der Waals surface area contributed by atoms with Crippen molar-refractivity contribution in [3.63, 3.8) is 0 Å². The van der Waals surface area contributed by atoms with Gasteiger partial charge in [-0.15, -0.1) is 0 Å². The van der Waals surface area contributed by atoms with Gasteiger partial charge in [-0.3, -0.25) is 4.79 Å². The summed E-state index contributed by atoms with van der Waals surface area (Å²) < 4.78 is 8.14. The van der Waals surface area contributed by atoms with Crippen molar-refractivity contribution in [1.82, 2.24) is 0 Å². The lowest BCUT2D eigenvalue weighted by Crippen LogP contribution is -3.00. The molecule has 41 heavy (non-hydrogen) atoms. The summed E-state index contributed by atoms with van der Waals surface area (Å²) in [5.74, 6) is 1.01. The number of aryl methyl sites for hydroxylation is 1. The number of hydrogen-bond acceptors (Lipinski definition) is 3. The summed E-state index contributed by atoms with van der Waals surface area (Å²) in [7, 11) is 2.08. The molecule has 1 aromatic heterocycles. The largest absolute Gasteiger partial charge is 1.00 e.